The highest BCUT2D eigenvalue weighted by Crippen LogP contribution is 2.39. The van der Waals surface area contributed by atoms with Gasteiger partial charge in [0.25, 0.3) is 0 Å². The zero-order valence-corrected chi connectivity index (χ0v) is 10.0. The summed E-state index contributed by atoms with van der Waals surface area (Å²) in [7, 11) is 0. The standard InChI is InChI=1S/C13H26/c1-6-13-8-10(3)12(5)9(2)7-11(13)4/h9-13H,6-8H2,1-5H3. The summed E-state index contributed by atoms with van der Waals surface area (Å²) in [5.74, 6) is 4.74. The van der Waals surface area contributed by atoms with Gasteiger partial charge in [-0.2, -0.15) is 0 Å². The molecule has 0 N–H and O–H groups in total. The van der Waals surface area contributed by atoms with Crippen LogP contribution >= 0.6 is 0 Å². The second kappa shape index (κ2) is 4.48. The first kappa shape index (κ1) is 11.1. The summed E-state index contributed by atoms with van der Waals surface area (Å²) < 4.78 is 0. The minimum atomic E-state index is 0.930. The van der Waals surface area contributed by atoms with Gasteiger partial charge in [0.1, 0.15) is 0 Å². The molecule has 5 atom stereocenters. The van der Waals surface area contributed by atoms with Crippen molar-refractivity contribution in [1.29, 1.82) is 0 Å². The molecule has 13 heavy (non-hydrogen) atoms. The van der Waals surface area contributed by atoms with Gasteiger partial charge in [-0.3, -0.25) is 0 Å². The Morgan fingerprint density at radius 3 is 1.92 bits per heavy atom. The Bertz CT molecular complexity index is 150. The molecule has 1 aliphatic carbocycles. The molecule has 0 heterocycles. The Kier molecular flexibility index (Phi) is 3.82. The van der Waals surface area contributed by atoms with E-state index in [0.717, 1.165) is 29.6 Å². The van der Waals surface area contributed by atoms with Gasteiger partial charge in [-0.25, -0.2) is 0 Å². The summed E-state index contributed by atoms with van der Waals surface area (Å²) in [4.78, 5) is 0. The van der Waals surface area contributed by atoms with Gasteiger partial charge in [0, 0.05) is 0 Å². The van der Waals surface area contributed by atoms with Crippen LogP contribution in [0.15, 0.2) is 0 Å². The molecular weight excluding hydrogens is 156 g/mol. The van der Waals surface area contributed by atoms with Crippen LogP contribution in [0.4, 0.5) is 0 Å². The highest BCUT2D eigenvalue weighted by Gasteiger charge is 2.30. The minimum absolute atomic E-state index is 0.930. The molecule has 0 saturated heterocycles. The minimum Gasteiger partial charge on any atom is -0.0651 e. The van der Waals surface area contributed by atoms with E-state index in [1.165, 1.54) is 19.3 Å². The van der Waals surface area contributed by atoms with Crippen LogP contribution in [0.3, 0.4) is 0 Å². The largest absolute Gasteiger partial charge is 0.0651 e. The van der Waals surface area contributed by atoms with Gasteiger partial charge < -0.3 is 0 Å². The smallest absolute Gasteiger partial charge is 0.0388 e. The summed E-state index contributed by atoms with van der Waals surface area (Å²) in [5, 5.41) is 0. The van der Waals surface area contributed by atoms with Crippen LogP contribution in [0.5, 0.6) is 0 Å². The summed E-state index contributed by atoms with van der Waals surface area (Å²) in [6, 6.07) is 0. The zero-order chi connectivity index (χ0) is 10.0. The first-order chi connectivity index (χ1) is 6.06. The topological polar surface area (TPSA) is 0 Å². The molecule has 0 bridgehead atoms. The average molecular weight is 182 g/mol. The van der Waals surface area contributed by atoms with Gasteiger partial charge in [0.2, 0.25) is 0 Å². The molecule has 5 unspecified atom stereocenters. The lowest BCUT2D eigenvalue weighted by Gasteiger charge is -2.22. The number of hydrogen-bond acceptors (Lipinski definition) is 0. The van der Waals surface area contributed by atoms with E-state index in [-0.39, 0.29) is 0 Å². The molecule has 1 aliphatic rings. The van der Waals surface area contributed by atoms with Crippen molar-refractivity contribution < 1.29 is 0 Å². The predicted octanol–water partition coefficient (Wildman–Crippen LogP) is 4.35. The SMILES string of the molecule is CCC1CC(C)C(C)C(C)CC1C. The maximum absolute atomic E-state index is 2.45. The summed E-state index contributed by atoms with van der Waals surface area (Å²) >= 11 is 0. The molecule has 0 heteroatoms. The first-order valence-electron chi connectivity index (χ1n) is 6.06. The highest BCUT2D eigenvalue weighted by atomic mass is 14.4. The zero-order valence-electron chi connectivity index (χ0n) is 10.0. The van der Waals surface area contributed by atoms with Crippen molar-refractivity contribution in [3.8, 4) is 0 Å². The molecule has 0 aromatic heterocycles. The number of rotatable bonds is 1. The van der Waals surface area contributed by atoms with Crippen LogP contribution in [-0.2, 0) is 0 Å². The summed E-state index contributed by atoms with van der Waals surface area (Å²) in [6.07, 6.45) is 4.29. The van der Waals surface area contributed by atoms with Crippen molar-refractivity contribution in [2.24, 2.45) is 29.6 Å². The fraction of sp³-hybridized carbons (Fsp3) is 1.00. The molecule has 0 aromatic carbocycles. The lowest BCUT2D eigenvalue weighted by atomic mass is 9.83. The van der Waals surface area contributed by atoms with Crippen LogP contribution in [0.25, 0.3) is 0 Å². The van der Waals surface area contributed by atoms with Crippen molar-refractivity contribution >= 4 is 0 Å². The first-order valence-corrected chi connectivity index (χ1v) is 6.06. The molecule has 78 valence electrons. The van der Waals surface area contributed by atoms with E-state index in [9.17, 15) is 0 Å². The van der Waals surface area contributed by atoms with Crippen molar-refractivity contribution in [2.75, 3.05) is 0 Å². The second-order valence-electron chi connectivity index (χ2n) is 5.43. The molecule has 1 rings (SSSR count). The van der Waals surface area contributed by atoms with Crippen molar-refractivity contribution in [3.63, 3.8) is 0 Å². The fourth-order valence-electron chi connectivity index (χ4n) is 3.05. The van der Waals surface area contributed by atoms with E-state index >= 15 is 0 Å². The van der Waals surface area contributed by atoms with E-state index < -0.39 is 0 Å². The Labute approximate surface area is 84.1 Å². The Morgan fingerprint density at radius 2 is 1.38 bits per heavy atom. The number of hydrogen-bond donors (Lipinski definition) is 0. The van der Waals surface area contributed by atoms with Gasteiger partial charge in [-0.1, -0.05) is 41.0 Å². The van der Waals surface area contributed by atoms with E-state index in [0.29, 0.717) is 0 Å². The Hall–Kier alpha value is 0. The molecule has 0 aliphatic heterocycles. The molecular formula is C13H26. The lowest BCUT2D eigenvalue weighted by molar-refractivity contribution is 0.274. The average Bonchev–Trinajstić information content (AvgIpc) is 2.18. The van der Waals surface area contributed by atoms with Crippen LogP contribution in [0.1, 0.15) is 53.9 Å². The second-order valence-corrected chi connectivity index (χ2v) is 5.43. The normalized spacial score (nSPS) is 47.3. The van der Waals surface area contributed by atoms with Crippen LogP contribution < -0.4 is 0 Å². The van der Waals surface area contributed by atoms with Crippen molar-refractivity contribution in [1.82, 2.24) is 0 Å². The Morgan fingerprint density at radius 1 is 0.846 bits per heavy atom. The fourth-order valence-corrected chi connectivity index (χ4v) is 3.05. The van der Waals surface area contributed by atoms with E-state index in [1.807, 2.05) is 0 Å². The highest BCUT2D eigenvalue weighted by molar-refractivity contribution is 4.80. The molecule has 0 radical (unpaired) electrons. The van der Waals surface area contributed by atoms with E-state index in [4.69, 9.17) is 0 Å². The van der Waals surface area contributed by atoms with Gasteiger partial charge in [-0.05, 0) is 42.4 Å². The maximum Gasteiger partial charge on any atom is -0.0388 e. The molecule has 0 amide bonds. The predicted molar refractivity (Wildman–Crippen MR) is 59.7 cm³/mol. The van der Waals surface area contributed by atoms with Crippen LogP contribution in [-0.4, -0.2) is 0 Å². The molecule has 0 spiro atoms. The summed E-state index contributed by atoms with van der Waals surface area (Å²) in [5.41, 5.74) is 0. The Balaban J connectivity index is 2.66. The maximum atomic E-state index is 2.45. The van der Waals surface area contributed by atoms with Crippen LogP contribution in [0.2, 0.25) is 0 Å². The molecule has 1 fully saturated rings. The van der Waals surface area contributed by atoms with Crippen LogP contribution in [0, 0.1) is 29.6 Å². The monoisotopic (exact) mass is 182 g/mol. The van der Waals surface area contributed by atoms with Gasteiger partial charge in [0.05, 0.1) is 0 Å². The molecule has 1 saturated carbocycles. The van der Waals surface area contributed by atoms with Gasteiger partial charge in [-0.15, -0.1) is 0 Å². The van der Waals surface area contributed by atoms with E-state index in [1.54, 1.807) is 0 Å². The van der Waals surface area contributed by atoms with Gasteiger partial charge in [0.15, 0.2) is 0 Å². The summed E-state index contributed by atoms with van der Waals surface area (Å²) in [6.45, 7) is 12.1. The molecule has 0 nitrogen and oxygen atoms in total. The van der Waals surface area contributed by atoms with Crippen molar-refractivity contribution in [3.05, 3.63) is 0 Å². The quantitative estimate of drug-likeness (QED) is 0.529. The third-order valence-electron chi connectivity index (χ3n) is 4.54. The molecule has 0 aromatic rings. The lowest BCUT2D eigenvalue weighted by Crippen LogP contribution is -2.14. The van der Waals surface area contributed by atoms with Gasteiger partial charge >= 0.3 is 0 Å². The third kappa shape index (κ3) is 2.48. The van der Waals surface area contributed by atoms with E-state index in [2.05, 4.69) is 34.6 Å². The third-order valence-corrected chi connectivity index (χ3v) is 4.54. The van der Waals surface area contributed by atoms with Crippen molar-refractivity contribution in [2.45, 2.75) is 53.9 Å².